The number of hydrogen-bond acceptors (Lipinski definition) is 5. The number of hydrogen-bond donors (Lipinski definition) is 0. The number of nitrogens with zero attached hydrogens (tertiary/aromatic N) is 4. The molecule has 2 aromatic rings. The Hall–Kier alpha value is -2.47. The van der Waals surface area contributed by atoms with Gasteiger partial charge in [-0.3, -0.25) is 9.78 Å². The average Bonchev–Trinajstić information content (AvgIpc) is 2.93. The summed E-state index contributed by atoms with van der Waals surface area (Å²) in [5, 5.41) is 9.52. The Kier molecular flexibility index (Phi) is 4.18. The van der Waals surface area contributed by atoms with E-state index in [1.807, 2.05) is 13.0 Å². The number of aryl methyl sites for hydroxylation is 1. The number of nitriles is 1. The minimum absolute atomic E-state index is 0.0405. The van der Waals surface area contributed by atoms with Crippen LogP contribution in [0.25, 0.3) is 0 Å². The number of carbonyl (C=O) groups excluding carboxylic acids is 1. The SMILES string of the molecule is Cc1ccc2c(n1)C1CN(S(=O)(=O)c3cc(Cl)ccc3C#N)CCN1C2=O. The molecular weight excluding hydrogens is 388 g/mol. The van der Waals surface area contributed by atoms with Crippen LogP contribution in [0.2, 0.25) is 5.02 Å². The van der Waals surface area contributed by atoms with Crippen molar-refractivity contribution in [1.29, 1.82) is 5.26 Å². The number of rotatable bonds is 2. The smallest absolute Gasteiger partial charge is 0.256 e. The quantitative estimate of drug-likeness (QED) is 0.766. The van der Waals surface area contributed by atoms with Gasteiger partial charge in [0.2, 0.25) is 10.0 Å². The Bertz CT molecular complexity index is 1110. The van der Waals surface area contributed by atoms with Gasteiger partial charge >= 0.3 is 0 Å². The number of amides is 1. The van der Waals surface area contributed by atoms with Crippen molar-refractivity contribution < 1.29 is 13.2 Å². The highest BCUT2D eigenvalue weighted by molar-refractivity contribution is 7.89. The van der Waals surface area contributed by atoms with E-state index in [1.165, 1.54) is 22.5 Å². The van der Waals surface area contributed by atoms with E-state index in [0.29, 0.717) is 11.3 Å². The molecule has 0 saturated carbocycles. The molecule has 1 unspecified atom stereocenters. The van der Waals surface area contributed by atoms with Crippen LogP contribution in [0.1, 0.15) is 33.4 Å². The second-order valence-corrected chi connectivity index (χ2v) is 8.86. The highest BCUT2D eigenvalue weighted by Gasteiger charge is 2.44. The first kappa shape index (κ1) is 17.9. The van der Waals surface area contributed by atoms with Crippen molar-refractivity contribution in [2.75, 3.05) is 19.6 Å². The summed E-state index contributed by atoms with van der Waals surface area (Å²) < 4.78 is 27.6. The van der Waals surface area contributed by atoms with Crippen LogP contribution in [0.15, 0.2) is 35.2 Å². The van der Waals surface area contributed by atoms with Gasteiger partial charge in [0.05, 0.1) is 22.9 Å². The maximum Gasteiger partial charge on any atom is 0.256 e. The van der Waals surface area contributed by atoms with Gasteiger partial charge in [0, 0.05) is 30.4 Å². The van der Waals surface area contributed by atoms with Crippen LogP contribution < -0.4 is 0 Å². The summed E-state index contributed by atoms with van der Waals surface area (Å²) in [7, 11) is -3.94. The predicted octanol–water partition coefficient (Wildman–Crippen LogP) is 2.12. The molecule has 4 rings (SSSR count). The standard InChI is InChI=1S/C18H15ClN4O3S/c1-11-2-5-14-17(21-11)15-10-22(6-7-23(15)18(14)24)27(25,26)16-8-13(19)4-3-12(16)9-20/h2-5,8,15H,6-7,10H2,1H3. The van der Waals surface area contributed by atoms with E-state index in [9.17, 15) is 18.5 Å². The van der Waals surface area contributed by atoms with E-state index in [1.54, 1.807) is 17.0 Å². The fraction of sp³-hybridized carbons (Fsp3) is 0.278. The minimum atomic E-state index is -3.94. The first-order valence-electron chi connectivity index (χ1n) is 8.31. The number of piperazine rings is 1. The van der Waals surface area contributed by atoms with Crippen LogP contribution in [-0.4, -0.2) is 48.1 Å². The van der Waals surface area contributed by atoms with Crippen LogP contribution >= 0.6 is 11.6 Å². The van der Waals surface area contributed by atoms with Gasteiger partial charge in [-0.15, -0.1) is 0 Å². The van der Waals surface area contributed by atoms with Crippen molar-refractivity contribution >= 4 is 27.5 Å². The summed E-state index contributed by atoms with van der Waals surface area (Å²) in [5.41, 5.74) is 1.93. The lowest BCUT2D eigenvalue weighted by Crippen LogP contribution is -2.49. The van der Waals surface area contributed by atoms with E-state index >= 15 is 0 Å². The normalized spacial score (nSPS) is 19.5. The molecule has 0 spiro atoms. The molecule has 9 heteroatoms. The second kappa shape index (κ2) is 6.30. The zero-order chi connectivity index (χ0) is 19.3. The van der Waals surface area contributed by atoms with Crippen molar-refractivity contribution in [3.8, 4) is 6.07 Å². The van der Waals surface area contributed by atoms with Gasteiger partial charge in [-0.05, 0) is 37.3 Å². The van der Waals surface area contributed by atoms with Gasteiger partial charge in [-0.25, -0.2) is 8.42 Å². The summed E-state index contributed by atoms with van der Waals surface area (Å²) in [6, 6.07) is 9.15. The van der Waals surface area contributed by atoms with Gasteiger partial charge in [-0.1, -0.05) is 11.6 Å². The Labute approximate surface area is 161 Å². The summed E-state index contributed by atoms with van der Waals surface area (Å²) in [6.45, 7) is 2.33. The Morgan fingerprint density at radius 2 is 2.04 bits per heavy atom. The summed E-state index contributed by atoms with van der Waals surface area (Å²) in [6.07, 6.45) is 0. The monoisotopic (exact) mass is 402 g/mol. The molecule has 0 aliphatic carbocycles. The van der Waals surface area contributed by atoms with Gasteiger partial charge in [0.1, 0.15) is 11.0 Å². The number of aromatic nitrogens is 1. The highest BCUT2D eigenvalue weighted by atomic mass is 35.5. The molecule has 1 fully saturated rings. The number of carbonyl (C=O) groups is 1. The number of benzene rings is 1. The van der Waals surface area contributed by atoms with Crippen molar-refractivity contribution in [3.63, 3.8) is 0 Å². The molecule has 3 heterocycles. The Morgan fingerprint density at radius 1 is 1.26 bits per heavy atom. The largest absolute Gasteiger partial charge is 0.327 e. The van der Waals surface area contributed by atoms with E-state index in [0.717, 1.165) is 5.69 Å². The number of fused-ring (bicyclic) bond motifs is 3. The van der Waals surface area contributed by atoms with Gasteiger partial charge in [0.25, 0.3) is 5.91 Å². The Morgan fingerprint density at radius 3 is 2.78 bits per heavy atom. The lowest BCUT2D eigenvalue weighted by Gasteiger charge is -2.36. The number of pyridine rings is 1. The molecule has 1 atom stereocenters. The lowest BCUT2D eigenvalue weighted by atomic mass is 10.1. The number of halogens is 1. The topological polar surface area (TPSA) is 94.4 Å². The first-order chi connectivity index (χ1) is 12.8. The summed E-state index contributed by atoms with van der Waals surface area (Å²) in [5.74, 6) is -0.125. The van der Waals surface area contributed by atoms with Crippen LogP contribution in [-0.2, 0) is 10.0 Å². The van der Waals surface area contributed by atoms with E-state index in [-0.39, 0.29) is 41.0 Å². The Balaban J connectivity index is 1.73. The minimum Gasteiger partial charge on any atom is -0.327 e. The third-order valence-corrected chi connectivity index (χ3v) is 7.04. The van der Waals surface area contributed by atoms with Crippen LogP contribution in [0, 0.1) is 18.3 Å². The maximum atomic E-state index is 13.2. The van der Waals surface area contributed by atoms with Crippen LogP contribution in [0.4, 0.5) is 0 Å². The number of sulfonamides is 1. The van der Waals surface area contributed by atoms with Crippen LogP contribution in [0.3, 0.4) is 0 Å². The second-order valence-electron chi connectivity index (χ2n) is 6.52. The third kappa shape index (κ3) is 2.79. The van der Waals surface area contributed by atoms with Crippen molar-refractivity contribution in [2.45, 2.75) is 17.9 Å². The summed E-state index contributed by atoms with van der Waals surface area (Å²) >= 11 is 5.96. The summed E-state index contributed by atoms with van der Waals surface area (Å²) in [4.78, 5) is 18.6. The first-order valence-corrected chi connectivity index (χ1v) is 10.1. The molecular formula is C18H15ClN4O3S. The molecule has 2 aliphatic heterocycles. The zero-order valence-electron chi connectivity index (χ0n) is 14.4. The zero-order valence-corrected chi connectivity index (χ0v) is 16.0. The molecule has 7 nitrogen and oxygen atoms in total. The van der Waals surface area contributed by atoms with E-state index in [2.05, 4.69) is 4.98 Å². The molecule has 2 aliphatic rings. The van der Waals surface area contributed by atoms with E-state index in [4.69, 9.17) is 11.6 Å². The van der Waals surface area contributed by atoms with Crippen LogP contribution in [0.5, 0.6) is 0 Å². The molecule has 0 N–H and O–H groups in total. The lowest BCUT2D eigenvalue weighted by molar-refractivity contribution is 0.0625. The highest BCUT2D eigenvalue weighted by Crippen LogP contribution is 2.37. The molecule has 27 heavy (non-hydrogen) atoms. The predicted molar refractivity (Wildman–Crippen MR) is 97.7 cm³/mol. The third-order valence-electron chi connectivity index (χ3n) is 4.90. The van der Waals surface area contributed by atoms with Gasteiger partial charge in [-0.2, -0.15) is 9.57 Å². The maximum absolute atomic E-state index is 13.2. The van der Waals surface area contributed by atoms with Gasteiger partial charge in [0.15, 0.2) is 0 Å². The molecule has 0 radical (unpaired) electrons. The fourth-order valence-electron chi connectivity index (χ4n) is 3.56. The van der Waals surface area contributed by atoms with Crippen molar-refractivity contribution in [3.05, 3.63) is 57.9 Å². The average molecular weight is 403 g/mol. The van der Waals surface area contributed by atoms with Crippen molar-refractivity contribution in [1.82, 2.24) is 14.2 Å². The fourth-order valence-corrected chi connectivity index (χ4v) is 5.40. The van der Waals surface area contributed by atoms with E-state index < -0.39 is 16.1 Å². The molecule has 1 aromatic carbocycles. The van der Waals surface area contributed by atoms with Gasteiger partial charge < -0.3 is 4.90 Å². The molecule has 1 aromatic heterocycles. The van der Waals surface area contributed by atoms with Crippen molar-refractivity contribution in [2.24, 2.45) is 0 Å². The molecule has 0 bridgehead atoms. The molecule has 138 valence electrons. The molecule has 1 saturated heterocycles. The molecule has 1 amide bonds.